The van der Waals surface area contributed by atoms with Crippen molar-refractivity contribution in [1.82, 2.24) is 0 Å². The van der Waals surface area contributed by atoms with Crippen molar-refractivity contribution in [3.63, 3.8) is 0 Å². The number of non-ortho nitro benzene ring substituents is 2. The van der Waals surface area contributed by atoms with Crippen LogP contribution in [0.2, 0.25) is 0 Å². The molecule has 0 heterocycles. The molecule has 0 fully saturated rings. The van der Waals surface area contributed by atoms with E-state index >= 15 is 0 Å². The van der Waals surface area contributed by atoms with Crippen molar-refractivity contribution in [3.05, 3.63) is 73.3 Å². The van der Waals surface area contributed by atoms with Gasteiger partial charge in [0.05, 0.1) is 22.1 Å². The largest absolute Gasteiger partial charge is 0.271 e. The number of unbranched alkanes of at least 4 members (excludes halogenated alkanes) is 2. The predicted octanol–water partition coefficient (Wildman–Crippen LogP) is 6.47. The molecule has 0 aliphatic heterocycles. The number of benzene rings is 2. The minimum absolute atomic E-state index is 0.00949. The molecule has 0 saturated heterocycles. The predicted molar refractivity (Wildman–Crippen MR) is 112 cm³/mol. The van der Waals surface area contributed by atoms with E-state index in [0.29, 0.717) is 11.3 Å². The summed E-state index contributed by atoms with van der Waals surface area (Å²) in [6.45, 7) is 4.31. The fraction of sp³-hybridized carbons (Fsp3) is 0.429. The Morgan fingerprint density at radius 3 is 1.83 bits per heavy atom. The molecule has 0 bridgehead atoms. The number of hydrogen-bond acceptors (Lipinski definition) is 6. The van der Waals surface area contributed by atoms with Crippen LogP contribution in [0.25, 0.3) is 0 Å². The smallest absolute Gasteiger partial charge is 0.258 e. The maximum atomic E-state index is 11.2. The molecule has 0 N–H and O–H groups in total. The first-order chi connectivity index (χ1) is 13.9. The maximum Gasteiger partial charge on any atom is 0.271 e. The molecule has 2 rings (SSSR count). The summed E-state index contributed by atoms with van der Waals surface area (Å²) in [5, 5.41) is 30.6. The molecule has 0 atom stereocenters. The van der Waals surface area contributed by atoms with Gasteiger partial charge in [-0.05, 0) is 48.4 Å². The molecule has 0 saturated carbocycles. The molecule has 0 radical (unpaired) electrons. The Morgan fingerprint density at radius 2 is 1.28 bits per heavy atom. The number of aryl methyl sites for hydroxylation is 2. The molecule has 29 heavy (non-hydrogen) atoms. The van der Waals surface area contributed by atoms with Crippen LogP contribution in [0, 0.1) is 20.2 Å². The van der Waals surface area contributed by atoms with E-state index in [-0.39, 0.29) is 17.9 Å². The van der Waals surface area contributed by atoms with Crippen molar-refractivity contribution in [2.24, 2.45) is 10.2 Å². The van der Waals surface area contributed by atoms with Crippen LogP contribution in [-0.2, 0) is 19.4 Å². The van der Waals surface area contributed by atoms with Gasteiger partial charge in [-0.25, -0.2) is 0 Å². The van der Waals surface area contributed by atoms with Gasteiger partial charge in [-0.1, -0.05) is 32.8 Å². The molecule has 0 unspecified atom stereocenters. The minimum atomic E-state index is -0.435. The number of nitro groups is 2. The van der Waals surface area contributed by atoms with Crippen molar-refractivity contribution in [2.45, 2.75) is 58.9 Å². The molecule has 0 aliphatic rings. The zero-order valence-corrected chi connectivity index (χ0v) is 16.8. The molecular formula is C21H26N4O4. The summed E-state index contributed by atoms with van der Waals surface area (Å²) in [4.78, 5) is 21.5. The standard InChI is InChI=1S/C21H26N4O4/c1-3-5-7-16-9-18(13-20(11-16)24(26)27)15-22-23-19-10-17(8-6-4-2)12-21(14-19)25(28)29/h9-14H,3-8,15H2,1-2H3. The second-order valence-corrected chi connectivity index (χ2v) is 6.99. The Bertz CT molecular complexity index is 896. The molecule has 0 spiro atoms. The van der Waals surface area contributed by atoms with Gasteiger partial charge >= 0.3 is 0 Å². The number of rotatable bonds is 11. The fourth-order valence-electron chi connectivity index (χ4n) is 3.01. The number of hydrogen-bond donors (Lipinski definition) is 0. The molecule has 8 heteroatoms. The second kappa shape index (κ2) is 11.0. The van der Waals surface area contributed by atoms with Gasteiger partial charge in [-0.3, -0.25) is 20.2 Å². The van der Waals surface area contributed by atoms with E-state index in [2.05, 4.69) is 24.1 Å². The summed E-state index contributed by atoms with van der Waals surface area (Å²) in [6.07, 6.45) is 5.40. The Balaban J connectivity index is 2.21. The molecule has 0 aliphatic carbocycles. The van der Waals surface area contributed by atoms with E-state index in [0.717, 1.165) is 49.7 Å². The quantitative estimate of drug-likeness (QED) is 0.245. The van der Waals surface area contributed by atoms with Gasteiger partial charge in [0.2, 0.25) is 0 Å². The summed E-state index contributed by atoms with van der Waals surface area (Å²) in [7, 11) is 0. The van der Waals surface area contributed by atoms with Crippen molar-refractivity contribution >= 4 is 17.1 Å². The van der Waals surface area contributed by atoms with E-state index in [1.165, 1.54) is 12.1 Å². The van der Waals surface area contributed by atoms with Gasteiger partial charge in [-0.2, -0.15) is 10.2 Å². The third kappa shape index (κ3) is 7.06. The zero-order chi connectivity index (χ0) is 21.2. The van der Waals surface area contributed by atoms with Crippen molar-refractivity contribution in [1.29, 1.82) is 0 Å². The first kappa shape index (κ1) is 22.1. The lowest BCUT2D eigenvalue weighted by Gasteiger charge is -2.04. The third-order valence-corrected chi connectivity index (χ3v) is 4.50. The lowest BCUT2D eigenvalue weighted by molar-refractivity contribution is -0.385. The summed E-state index contributed by atoms with van der Waals surface area (Å²) in [5.41, 5.74) is 2.91. The van der Waals surface area contributed by atoms with Crippen LogP contribution < -0.4 is 0 Å². The summed E-state index contributed by atoms with van der Waals surface area (Å²) in [6, 6.07) is 9.74. The first-order valence-corrected chi connectivity index (χ1v) is 9.86. The van der Waals surface area contributed by atoms with Gasteiger partial charge in [0.15, 0.2) is 0 Å². The van der Waals surface area contributed by atoms with Crippen LogP contribution in [0.3, 0.4) is 0 Å². The maximum absolute atomic E-state index is 11.2. The van der Waals surface area contributed by atoms with Gasteiger partial charge in [-0.15, -0.1) is 0 Å². The minimum Gasteiger partial charge on any atom is -0.258 e. The topological polar surface area (TPSA) is 111 Å². The highest BCUT2D eigenvalue weighted by Gasteiger charge is 2.11. The van der Waals surface area contributed by atoms with E-state index < -0.39 is 9.85 Å². The highest BCUT2D eigenvalue weighted by atomic mass is 16.6. The SMILES string of the molecule is CCCCc1cc(CN=Nc2cc(CCCC)cc([N+](=O)[O-])c2)cc([N+](=O)[O-])c1. The Morgan fingerprint density at radius 1 is 0.759 bits per heavy atom. The normalized spacial score (nSPS) is 11.1. The fourth-order valence-corrected chi connectivity index (χ4v) is 3.01. The summed E-state index contributed by atoms with van der Waals surface area (Å²) >= 11 is 0. The summed E-state index contributed by atoms with van der Waals surface area (Å²) in [5.74, 6) is 0. The van der Waals surface area contributed by atoms with Gasteiger partial charge in [0, 0.05) is 24.3 Å². The monoisotopic (exact) mass is 398 g/mol. The van der Waals surface area contributed by atoms with Crippen LogP contribution >= 0.6 is 0 Å². The van der Waals surface area contributed by atoms with Crippen LogP contribution in [0.1, 0.15) is 56.2 Å². The van der Waals surface area contributed by atoms with Crippen molar-refractivity contribution in [3.8, 4) is 0 Å². The van der Waals surface area contributed by atoms with E-state index in [1.807, 2.05) is 6.07 Å². The van der Waals surface area contributed by atoms with E-state index in [1.54, 1.807) is 18.2 Å². The molecule has 2 aromatic rings. The van der Waals surface area contributed by atoms with E-state index in [4.69, 9.17) is 0 Å². The average molecular weight is 398 g/mol. The van der Waals surface area contributed by atoms with Gasteiger partial charge in [0.1, 0.15) is 0 Å². The van der Waals surface area contributed by atoms with Crippen LogP contribution in [-0.4, -0.2) is 9.85 Å². The van der Waals surface area contributed by atoms with Crippen LogP contribution in [0.15, 0.2) is 46.6 Å². The van der Waals surface area contributed by atoms with Crippen LogP contribution in [0.5, 0.6) is 0 Å². The molecule has 0 amide bonds. The summed E-state index contributed by atoms with van der Waals surface area (Å²) < 4.78 is 0. The molecular weight excluding hydrogens is 372 g/mol. The van der Waals surface area contributed by atoms with Gasteiger partial charge in [0.25, 0.3) is 11.4 Å². The van der Waals surface area contributed by atoms with E-state index in [9.17, 15) is 20.2 Å². The Hall–Kier alpha value is -3.16. The molecule has 0 aromatic heterocycles. The lowest BCUT2D eigenvalue weighted by atomic mass is 10.0. The average Bonchev–Trinajstić information content (AvgIpc) is 2.70. The first-order valence-electron chi connectivity index (χ1n) is 9.86. The highest BCUT2D eigenvalue weighted by molar-refractivity contribution is 5.50. The number of nitrogens with zero attached hydrogens (tertiary/aromatic N) is 4. The molecule has 2 aromatic carbocycles. The highest BCUT2D eigenvalue weighted by Crippen LogP contribution is 2.25. The Labute approximate surface area is 170 Å². The van der Waals surface area contributed by atoms with Crippen LogP contribution in [0.4, 0.5) is 17.1 Å². The Kier molecular flexibility index (Phi) is 8.39. The zero-order valence-electron chi connectivity index (χ0n) is 16.8. The molecule has 8 nitrogen and oxygen atoms in total. The van der Waals surface area contributed by atoms with Crippen molar-refractivity contribution in [2.75, 3.05) is 0 Å². The van der Waals surface area contributed by atoms with Crippen molar-refractivity contribution < 1.29 is 9.85 Å². The number of azo groups is 1. The number of nitro benzene ring substituents is 2. The molecule has 154 valence electrons. The third-order valence-electron chi connectivity index (χ3n) is 4.50. The van der Waals surface area contributed by atoms with Gasteiger partial charge < -0.3 is 0 Å². The lowest BCUT2D eigenvalue weighted by Crippen LogP contribution is -1.94. The second-order valence-electron chi connectivity index (χ2n) is 6.99.